The highest BCUT2D eigenvalue weighted by atomic mass is 79.9. The van der Waals surface area contributed by atoms with Gasteiger partial charge in [-0.2, -0.15) is 0 Å². The molecule has 2 aromatic rings. The number of rotatable bonds is 3. The van der Waals surface area contributed by atoms with Gasteiger partial charge >= 0.3 is 6.03 Å². The molecule has 4 amide bonds. The topological polar surface area (TPSA) is 79.6 Å². The average molecular weight is 387 g/mol. The molecule has 1 saturated heterocycles. The third-order valence-corrected chi connectivity index (χ3v) is 3.73. The second kappa shape index (κ2) is 6.67. The van der Waals surface area contributed by atoms with Crippen molar-refractivity contribution >= 4 is 45.5 Å². The second-order valence-electron chi connectivity index (χ2n) is 4.83. The number of furan rings is 1. The zero-order valence-electron chi connectivity index (χ0n) is 12.2. The Labute approximate surface area is 145 Å². The number of urea groups is 1. The summed E-state index contributed by atoms with van der Waals surface area (Å²) in [5, 5.41) is 2.16. The minimum Gasteiger partial charge on any atom is -0.465 e. The molecule has 1 N–H and O–H groups in total. The van der Waals surface area contributed by atoms with Crippen LogP contribution in [0.5, 0.6) is 0 Å². The van der Waals surface area contributed by atoms with E-state index in [2.05, 4.69) is 21.2 Å². The highest BCUT2D eigenvalue weighted by Crippen LogP contribution is 2.23. The summed E-state index contributed by atoms with van der Waals surface area (Å²) >= 11 is 3.29. The van der Waals surface area contributed by atoms with Crippen molar-refractivity contribution in [3.8, 4) is 0 Å². The molecule has 3 rings (SSSR count). The van der Waals surface area contributed by atoms with Gasteiger partial charge in [0.15, 0.2) is 0 Å². The van der Waals surface area contributed by atoms with Crippen LogP contribution in [0.25, 0.3) is 6.08 Å². The standard InChI is InChI=1S/C17H11BrN2O4/c18-11-4-1-5-12(10-11)20-16(22)14(15(21)19-17(20)23)8-2-6-13-7-3-9-24-13/h1-10H,(H,19,21,23). The molecule has 1 aliphatic rings. The third-order valence-electron chi connectivity index (χ3n) is 3.23. The lowest BCUT2D eigenvalue weighted by Gasteiger charge is -2.26. The zero-order chi connectivity index (χ0) is 17.1. The van der Waals surface area contributed by atoms with Crippen LogP contribution in [0.3, 0.4) is 0 Å². The Morgan fingerprint density at radius 2 is 1.96 bits per heavy atom. The van der Waals surface area contributed by atoms with Crippen LogP contribution in [0, 0.1) is 0 Å². The maximum absolute atomic E-state index is 12.6. The van der Waals surface area contributed by atoms with E-state index in [-0.39, 0.29) is 5.57 Å². The Hall–Kier alpha value is -2.93. The molecule has 0 bridgehead atoms. The Bertz CT molecular complexity index is 868. The van der Waals surface area contributed by atoms with E-state index in [4.69, 9.17) is 4.42 Å². The van der Waals surface area contributed by atoms with Crippen LogP contribution in [0.4, 0.5) is 10.5 Å². The molecule has 0 saturated carbocycles. The molecule has 0 spiro atoms. The molecular formula is C17H11BrN2O4. The van der Waals surface area contributed by atoms with Gasteiger partial charge in [0, 0.05) is 4.47 Å². The van der Waals surface area contributed by atoms with Crippen LogP contribution in [0.15, 0.2) is 69.3 Å². The summed E-state index contributed by atoms with van der Waals surface area (Å²) in [6.45, 7) is 0. The highest BCUT2D eigenvalue weighted by Gasteiger charge is 2.36. The molecular weight excluding hydrogens is 376 g/mol. The SMILES string of the molecule is O=C1NC(=O)N(c2cccc(Br)c2)C(=O)C1=CC=Cc1ccco1. The van der Waals surface area contributed by atoms with Gasteiger partial charge in [-0.05, 0) is 42.5 Å². The third kappa shape index (κ3) is 3.21. The Balaban J connectivity index is 1.91. The number of benzene rings is 1. The number of imide groups is 2. The van der Waals surface area contributed by atoms with Crippen molar-refractivity contribution in [2.75, 3.05) is 4.90 Å². The number of halogens is 1. The fourth-order valence-corrected chi connectivity index (χ4v) is 2.54. The van der Waals surface area contributed by atoms with Crippen LogP contribution in [-0.2, 0) is 9.59 Å². The fraction of sp³-hybridized carbons (Fsp3) is 0. The summed E-state index contributed by atoms with van der Waals surface area (Å²) in [5.74, 6) is -0.846. The largest absolute Gasteiger partial charge is 0.465 e. The van der Waals surface area contributed by atoms with Gasteiger partial charge < -0.3 is 4.42 Å². The van der Waals surface area contributed by atoms with Gasteiger partial charge in [0.05, 0.1) is 12.0 Å². The first-order chi connectivity index (χ1) is 11.6. The van der Waals surface area contributed by atoms with E-state index in [1.807, 2.05) is 0 Å². The van der Waals surface area contributed by atoms with Gasteiger partial charge in [-0.3, -0.25) is 14.9 Å². The maximum atomic E-state index is 12.6. The lowest BCUT2D eigenvalue weighted by Crippen LogP contribution is -2.54. The zero-order valence-corrected chi connectivity index (χ0v) is 13.8. The minimum atomic E-state index is -0.782. The molecule has 1 aliphatic heterocycles. The lowest BCUT2D eigenvalue weighted by molar-refractivity contribution is -0.122. The average Bonchev–Trinajstić information content (AvgIpc) is 3.03. The van der Waals surface area contributed by atoms with Crippen molar-refractivity contribution in [1.29, 1.82) is 0 Å². The number of amides is 4. The second-order valence-corrected chi connectivity index (χ2v) is 5.75. The van der Waals surface area contributed by atoms with Gasteiger partial charge in [0.25, 0.3) is 11.8 Å². The van der Waals surface area contributed by atoms with Gasteiger partial charge in [0.1, 0.15) is 11.3 Å². The van der Waals surface area contributed by atoms with Crippen molar-refractivity contribution in [3.63, 3.8) is 0 Å². The smallest absolute Gasteiger partial charge is 0.335 e. The monoisotopic (exact) mass is 386 g/mol. The van der Waals surface area contributed by atoms with E-state index in [9.17, 15) is 14.4 Å². The summed E-state index contributed by atoms with van der Waals surface area (Å²) in [4.78, 5) is 37.4. The number of hydrogen-bond acceptors (Lipinski definition) is 4. The van der Waals surface area contributed by atoms with Crippen molar-refractivity contribution in [3.05, 3.63) is 70.6 Å². The summed E-state index contributed by atoms with van der Waals surface area (Å²) in [5.41, 5.74) is 0.220. The molecule has 0 atom stereocenters. The number of carbonyl (C=O) groups excluding carboxylic acids is 3. The van der Waals surface area contributed by atoms with Gasteiger partial charge in [-0.15, -0.1) is 0 Å². The van der Waals surface area contributed by atoms with Crippen LogP contribution in [-0.4, -0.2) is 17.8 Å². The first-order valence-corrected chi connectivity index (χ1v) is 7.73. The molecule has 1 fully saturated rings. The van der Waals surface area contributed by atoms with E-state index < -0.39 is 17.8 Å². The molecule has 0 unspecified atom stereocenters. The molecule has 24 heavy (non-hydrogen) atoms. The van der Waals surface area contributed by atoms with E-state index in [0.717, 1.165) is 4.90 Å². The first kappa shape index (κ1) is 15.9. The van der Waals surface area contributed by atoms with E-state index >= 15 is 0 Å². The van der Waals surface area contributed by atoms with Crippen LogP contribution in [0.2, 0.25) is 0 Å². The summed E-state index contributed by atoms with van der Waals surface area (Å²) in [7, 11) is 0. The Kier molecular flexibility index (Phi) is 4.43. The predicted molar refractivity (Wildman–Crippen MR) is 91.0 cm³/mol. The number of carbonyl (C=O) groups is 3. The van der Waals surface area contributed by atoms with Crippen molar-refractivity contribution in [2.45, 2.75) is 0 Å². The molecule has 6 nitrogen and oxygen atoms in total. The van der Waals surface area contributed by atoms with E-state index in [0.29, 0.717) is 15.9 Å². The van der Waals surface area contributed by atoms with Gasteiger partial charge in [-0.25, -0.2) is 9.69 Å². The van der Waals surface area contributed by atoms with Crippen molar-refractivity contribution in [2.24, 2.45) is 0 Å². The number of hydrogen-bond donors (Lipinski definition) is 1. The predicted octanol–water partition coefficient (Wildman–Crippen LogP) is 3.26. The van der Waals surface area contributed by atoms with Crippen LogP contribution in [0.1, 0.15) is 5.76 Å². The molecule has 120 valence electrons. The molecule has 1 aromatic heterocycles. The lowest BCUT2D eigenvalue weighted by atomic mass is 10.1. The fourth-order valence-electron chi connectivity index (χ4n) is 2.15. The quantitative estimate of drug-likeness (QED) is 0.648. The molecule has 0 aliphatic carbocycles. The minimum absolute atomic E-state index is 0.141. The van der Waals surface area contributed by atoms with Gasteiger partial charge in [-0.1, -0.05) is 28.1 Å². The summed E-state index contributed by atoms with van der Waals surface area (Å²) < 4.78 is 5.83. The van der Waals surface area contributed by atoms with Crippen LogP contribution < -0.4 is 10.2 Å². The Morgan fingerprint density at radius 3 is 2.67 bits per heavy atom. The number of anilines is 1. The summed E-state index contributed by atoms with van der Waals surface area (Å²) in [6.07, 6.45) is 5.98. The normalized spacial score (nSPS) is 17.0. The first-order valence-electron chi connectivity index (χ1n) is 6.93. The molecule has 2 heterocycles. The number of nitrogens with one attached hydrogen (secondary N) is 1. The molecule has 0 radical (unpaired) electrons. The molecule has 1 aromatic carbocycles. The van der Waals surface area contributed by atoms with E-state index in [1.54, 1.807) is 42.5 Å². The van der Waals surface area contributed by atoms with Crippen molar-refractivity contribution in [1.82, 2.24) is 5.32 Å². The number of barbiturate groups is 1. The van der Waals surface area contributed by atoms with Crippen LogP contribution >= 0.6 is 15.9 Å². The highest BCUT2D eigenvalue weighted by molar-refractivity contribution is 9.10. The number of allylic oxidation sites excluding steroid dienone is 2. The van der Waals surface area contributed by atoms with Crippen molar-refractivity contribution < 1.29 is 18.8 Å². The maximum Gasteiger partial charge on any atom is 0.335 e. The Morgan fingerprint density at radius 1 is 1.12 bits per heavy atom. The molecule has 7 heteroatoms. The van der Waals surface area contributed by atoms with E-state index in [1.165, 1.54) is 18.4 Å². The number of nitrogens with zero attached hydrogens (tertiary/aromatic N) is 1. The summed E-state index contributed by atoms with van der Waals surface area (Å²) in [6, 6.07) is 9.35. The van der Waals surface area contributed by atoms with Gasteiger partial charge in [0.2, 0.25) is 0 Å².